The smallest absolute Gasteiger partial charge is 0.160 e. The zero-order chi connectivity index (χ0) is 15.4. The molecule has 122 valence electrons. The van der Waals surface area contributed by atoms with Crippen LogP contribution in [0.5, 0.6) is 0 Å². The summed E-state index contributed by atoms with van der Waals surface area (Å²) in [5.74, 6) is 1.52. The van der Waals surface area contributed by atoms with Crippen LogP contribution < -0.4 is 0 Å². The van der Waals surface area contributed by atoms with Gasteiger partial charge in [0.1, 0.15) is 5.82 Å². The van der Waals surface area contributed by atoms with Gasteiger partial charge in [-0.3, -0.25) is 0 Å². The second-order valence-electron chi connectivity index (χ2n) is 6.85. The van der Waals surface area contributed by atoms with E-state index in [9.17, 15) is 4.39 Å². The van der Waals surface area contributed by atoms with Crippen molar-refractivity contribution in [2.24, 2.45) is 11.8 Å². The first-order valence-electron chi connectivity index (χ1n) is 8.75. The van der Waals surface area contributed by atoms with Crippen LogP contribution in [0, 0.1) is 17.7 Å². The van der Waals surface area contributed by atoms with Gasteiger partial charge in [0.15, 0.2) is 6.29 Å². The van der Waals surface area contributed by atoms with Crippen molar-refractivity contribution in [3.63, 3.8) is 0 Å². The first kappa shape index (κ1) is 15.9. The number of halogens is 1. The fraction of sp³-hybridized carbons (Fsp3) is 0.684. The summed E-state index contributed by atoms with van der Waals surface area (Å²) in [5, 5.41) is 0. The van der Waals surface area contributed by atoms with E-state index in [1.165, 1.54) is 18.4 Å². The van der Waals surface area contributed by atoms with Gasteiger partial charge in [0.25, 0.3) is 0 Å². The zero-order valence-corrected chi connectivity index (χ0v) is 13.5. The predicted molar refractivity (Wildman–Crippen MR) is 85.2 cm³/mol. The predicted octanol–water partition coefficient (Wildman–Crippen LogP) is 4.89. The van der Waals surface area contributed by atoms with Crippen LogP contribution in [0.4, 0.5) is 4.39 Å². The summed E-state index contributed by atoms with van der Waals surface area (Å²) < 4.78 is 24.9. The lowest BCUT2D eigenvalue weighted by Crippen LogP contribution is -2.38. The summed E-state index contributed by atoms with van der Waals surface area (Å²) in [6, 6.07) is 7.01. The molecule has 0 aromatic heterocycles. The van der Waals surface area contributed by atoms with Crippen LogP contribution in [0.3, 0.4) is 0 Å². The molecule has 1 aliphatic heterocycles. The Bertz CT molecular complexity index is 443. The van der Waals surface area contributed by atoms with Crippen LogP contribution in [0.25, 0.3) is 0 Å². The number of hydrogen-bond acceptors (Lipinski definition) is 2. The molecule has 0 unspecified atom stereocenters. The van der Waals surface area contributed by atoms with E-state index >= 15 is 0 Å². The van der Waals surface area contributed by atoms with Crippen molar-refractivity contribution >= 4 is 0 Å². The number of hydrogen-bond donors (Lipinski definition) is 0. The maximum absolute atomic E-state index is 13.0. The van der Waals surface area contributed by atoms with Crippen molar-refractivity contribution in [2.45, 2.75) is 57.7 Å². The van der Waals surface area contributed by atoms with Crippen LogP contribution in [-0.4, -0.2) is 19.5 Å². The van der Waals surface area contributed by atoms with Crippen LogP contribution in [-0.2, 0) is 9.47 Å². The Hall–Kier alpha value is -0.930. The Kier molecular flexibility index (Phi) is 5.48. The number of benzene rings is 1. The molecule has 2 aliphatic rings. The molecular weight excluding hydrogens is 279 g/mol. The standard InChI is InChI=1S/C19H27FO2/c1-2-3-14-12-21-19(22-13-14)17-6-4-15(5-7-17)16-8-10-18(20)11-9-16/h8-11,14-15,17,19H,2-7,12-13H2,1H3. The summed E-state index contributed by atoms with van der Waals surface area (Å²) >= 11 is 0. The van der Waals surface area contributed by atoms with Crippen LogP contribution in [0.1, 0.15) is 56.9 Å². The normalized spacial score (nSPS) is 32.8. The van der Waals surface area contributed by atoms with E-state index in [1.807, 2.05) is 12.1 Å². The lowest BCUT2D eigenvalue weighted by molar-refractivity contribution is -0.229. The Labute approximate surface area is 133 Å². The highest BCUT2D eigenvalue weighted by atomic mass is 19.1. The lowest BCUT2D eigenvalue weighted by atomic mass is 9.78. The van der Waals surface area contributed by atoms with E-state index in [1.54, 1.807) is 12.1 Å². The molecule has 3 heteroatoms. The van der Waals surface area contributed by atoms with E-state index in [2.05, 4.69) is 6.92 Å². The fourth-order valence-corrected chi connectivity index (χ4v) is 3.86. The second-order valence-corrected chi connectivity index (χ2v) is 6.85. The SMILES string of the molecule is CCCC1COC(C2CCC(c3ccc(F)cc3)CC2)OC1. The molecule has 0 radical (unpaired) electrons. The van der Waals surface area contributed by atoms with Gasteiger partial charge in [-0.25, -0.2) is 4.39 Å². The summed E-state index contributed by atoms with van der Waals surface area (Å²) in [6.07, 6.45) is 6.99. The van der Waals surface area contributed by atoms with Crippen molar-refractivity contribution < 1.29 is 13.9 Å². The van der Waals surface area contributed by atoms with E-state index in [-0.39, 0.29) is 12.1 Å². The highest BCUT2D eigenvalue weighted by Gasteiger charge is 2.32. The van der Waals surface area contributed by atoms with E-state index in [0.29, 0.717) is 17.8 Å². The zero-order valence-electron chi connectivity index (χ0n) is 13.5. The summed E-state index contributed by atoms with van der Waals surface area (Å²) in [4.78, 5) is 0. The van der Waals surface area contributed by atoms with Crippen LogP contribution in [0.2, 0.25) is 0 Å². The van der Waals surface area contributed by atoms with E-state index in [4.69, 9.17) is 9.47 Å². The Morgan fingerprint density at radius 3 is 2.23 bits per heavy atom. The van der Waals surface area contributed by atoms with Gasteiger partial charge in [0, 0.05) is 11.8 Å². The molecule has 2 nitrogen and oxygen atoms in total. The maximum Gasteiger partial charge on any atom is 0.160 e. The van der Waals surface area contributed by atoms with Gasteiger partial charge in [0.2, 0.25) is 0 Å². The molecule has 3 rings (SSSR count). The third-order valence-electron chi connectivity index (χ3n) is 5.19. The molecule has 1 heterocycles. The molecule has 0 atom stereocenters. The lowest BCUT2D eigenvalue weighted by Gasteiger charge is -2.37. The average Bonchev–Trinajstić information content (AvgIpc) is 2.57. The quantitative estimate of drug-likeness (QED) is 0.788. The Morgan fingerprint density at radius 2 is 1.64 bits per heavy atom. The van der Waals surface area contributed by atoms with Gasteiger partial charge in [-0.1, -0.05) is 25.5 Å². The fourth-order valence-electron chi connectivity index (χ4n) is 3.86. The van der Waals surface area contributed by atoms with Gasteiger partial charge >= 0.3 is 0 Å². The van der Waals surface area contributed by atoms with E-state index < -0.39 is 0 Å². The number of rotatable bonds is 4. The summed E-state index contributed by atoms with van der Waals surface area (Å²) in [7, 11) is 0. The largest absolute Gasteiger partial charge is 0.352 e. The first-order valence-corrected chi connectivity index (χ1v) is 8.75. The minimum absolute atomic E-state index is 0.00211. The molecule has 0 spiro atoms. The van der Waals surface area contributed by atoms with Gasteiger partial charge < -0.3 is 9.47 Å². The Morgan fingerprint density at radius 1 is 1.00 bits per heavy atom. The van der Waals surface area contributed by atoms with Crippen molar-refractivity contribution in [1.82, 2.24) is 0 Å². The molecule has 1 aliphatic carbocycles. The Balaban J connectivity index is 1.47. The second kappa shape index (κ2) is 7.56. The van der Waals surface area contributed by atoms with Gasteiger partial charge in [-0.2, -0.15) is 0 Å². The third-order valence-corrected chi connectivity index (χ3v) is 5.19. The molecule has 1 saturated heterocycles. The summed E-state index contributed by atoms with van der Waals surface area (Å²) in [6.45, 7) is 3.93. The van der Waals surface area contributed by atoms with Crippen LogP contribution >= 0.6 is 0 Å². The minimum atomic E-state index is -0.150. The van der Waals surface area contributed by atoms with Crippen molar-refractivity contribution in [1.29, 1.82) is 0 Å². The highest BCUT2D eigenvalue weighted by Crippen LogP contribution is 2.39. The summed E-state index contributed by atoms with van der Waals surface area (Å²) in [5.41, 5.74) is 1.27. The van der Waals surface area contributed by atoms with Gasteiger partial charge in [-0.05, 0) is 55.7 Å². The van der Waals surface area contributed by atoms with E-state index in [0.717, 1.165) is 38.9 Å². The molecule has 0 N–H and O–H groups in total. The van der Waals surface area contributed by atoms with Gasteiger partial charge in [-0.15, -0.1) is 0 Å². The van der Waals surface area contributed by atoms with Crippen molar-refractivity contribution in [3.05, 3.63) is 35.6 Å². The molecule has 22 heavy (non-hydrogen) atoms. The van der Waals surface area contributed by atoms with Crippen molar-refractivity contribution in [2.75, 3.05) is 13.2 Å². The molecule has 1 saturated carbocycles. The molecule has 2 fully saturated rings. The first-order chi connectivity index (χ1) is 10.8. The third kappa shape index (κ3) is 3.88. The number of ether oxygens (including phenoxy) is 2. The topological polar surface area (TPSA) is 18.5 Å². The molecular formula is C19H27FO2. The average molecular weight is 306 g/mol. The molecule has 0 amide bonds. The molecule has 0 bridgehead atoms. The van der Waals surface area contributed by atoms with Crippen LogP contribution in [0.15, 0.2) is 24.3 Å². The maximum atomic E-state index is 13.0. The monoisotopic (exact) mass is 306 g/mol. The molecule has 1 aromatic rings. The highest BCUT2D eigenvalue weighted by molar-refractivity contribution is 5.20. The van der Waals surface area contributed by atoms with Gasteiger partial charge in [0.05, 0.1) is 13.2 Å². The molecule has 1 aromatic carbocycles. The minimum Gasteiger partial charge on any atom is -0.352 e. The van der Waals surface area contributed by atoms with Crippen molar-refractivity contribution in [3.8, 4) is 0 Å².